The normalized spacial score (nSPS) is 41.7. The summed E-state index contributed by atoms with van der Waals surface area (Å²) in [5.74, 6) is -2.61. The minimum Gasteiger partial charge on any atom is -0.455 e. The average molecular weight is 430 g/mol. The summed E-state index contributed by atoms with van der Waals surface area (Å²) in [7, 11) is 0. The van der Waals surface area contributed by atoms with Crippen LogP contribution in [0.5, 0.6) is 0 Å². The molecule has 0 amide bonds. The van der Waals surface area contributed by atoms with Crippen molar-refractivity contribution in [3.63, 3.8) is 0 Å². The molecule has 0 heterocycles. The Morgan fingerprint density at radius 2 is 1.68 bits per heavy atom. The van der Waals surface area contributed by atoms with E-state index in [1.54, 1.807) is 0 Å². The number of carbonyl (C=O) groups excluding carboxylic acids is 4. The molecule has 4 aliphatic carbocycles. The molecule has 7 unspecified atom stereocenters. The second-order valence-electron chi connectivity index (χ2n) is 10.00. The van der Waals surface area contributed by atoms with Crippen molar-refractivity contribution in [1.82, 2.24) is 0 Å². The molecule has 1 fully saturated rings. The zero-order chi connectivity index (χ0) is 23.0. The minimum absolute atomic E-state index is 0.103. The standard InChI is InChI=1S/C24H30O7/c1-10-7-8-23(6)16(12(10)3)18(27)20(30-13(4)25)15-17(23)19(28)22(31-14(5)26)24(21(15)29)9-11(24)2/h11,16,18,20,22,27H,7-9H2,1-6H3. The first-order valence-corrected chi connectivity index (χ1v) is 10.9. The van der Waals surface area contributed by atoms with Crippen LogP contribution in [0.3, 0.4) is 0 Å². The third-order valence-electron chi connectivity index (χ3n) is 8.18. The van der Waals surface area contributed by atoms with E-state index in [2.05, 4.69) is 0 Å². The van der Waals surface area contributed by atoms with Crippen LogP contribution in [0.25, 0.3) is 0 Å². The van der Waals surface area contributed by atoms with Crippen molar-refractivity contribution in [3.8, 4) is 0 Å². The predicted octanol–water partition coefficient (Wildman–Crippen LogP) is 2.45. The molecule has 1 saturated carbocycles. The van der Waals surface area contributed by atoms with Gasteiger partial charge in [0.05, 0.1) is 5.41 Å². The molecule has 0 radical (unpaired) electrons. The second kappa shape index (κ2) is 6.86. The Morgan fingerprint density at radius 3 is 2.19 bits per heavy atom. The summed E-state index contributed by atoms with van der Waals surface area (Å²) in [6.45, 7) is 10.1. The van der Waals surface area contributed by atoms with Gasteiger partial charge < -0.3 is 14.6 Å². The van der Waals surface area contributed by atoms with E-state index in [1.165, 1.54) is 13.8 Å². The first-order chi connectivity index (χ1) is 14.4. The molecule has 1 spiro atoms. The van der Waals surface area contributed by atoms with Crippen LogP contribution in [0, 0.1) is 22.7 Å². The Balaban J connectivity index is 1.98. The molecular formula is C24H30O7. The highest BCUT2D eigenvalue weighted by atomic mass is 16.6. The molecular weight excluding hydrogens is 400 g/mol. The number of hydrogen-bond acceptors (Lipinski definition) is 7. The lowest BCUT2D eigenvalue weighted by molar-refractivity contribution is -0.165. The van der Waals surface area contributed by atoms with Gasteiger partial charge in [0.25, 0.3) is 0 Å². The Labute approximate surface area is 181 Å². The van der Waals surface area contributed by atoms with Crippen LogP contribution in [0.2, 0.25) is 0 Å². The van der Waals surface area contributed by atoms with E-state index in [0.29, 0.717) is 12.8 Å². The van der Waals surface area contributed by atoms with Crippen LogP contribution in [0.4, 0.5) is 0 Å². The molecule has 0 saturated heterocycles. The van der Waals surface area contributed by atoms with Crippen molar-refractivity contribution in [2.24, 2.45) is 22.7 Å². The van der Waals surface area contributed by atoms with Crippen molar-refractivity contribution in [2.45, 2.75) is 79.1 Å². The summed E-state index contributed by atoms with van der Waals surface area (Å²) in [6.07, 6.45) is -1.83. The first kappa shape index (κ1) is 21.9. The van der Waals surface area contributed by atoms with Crippen LogP contribution in [-0.2, 0) is 28.7 Å². The molecule has 31 heavy (non-hydrogen) atoms. The number of Topliss-reactive ketones (excluding diaryl/α,β-unsaturated/α-hetero) is 2. The van der Waals surface area contributed by atoms with Crippen LogP contribution >= 0.6 is 0 Å². The number of rotatable bonds is 2. The lowest BCUT2D eigenvalue weighted by Gasteiger charge is -2.54. The third kappa shape index (κ3) is 2.81. The van der Waals surface area contributed by atoms with Gasteiger partial charge in [-0.15, -0.1) is 0 Å². The number of ketones is 2. The smallest absolute Gasteiger partial charge is 0.303 e. The number of hydrogen-bond donors (Lipinski definition) is 1. The summed E-state index contributed by atoms with van der Waals surface area (Å²) in [6, 6.07) is 0. The monoisotopic (exact) mass is 430 g/mol. The second-order valence-corrected chi connectivity index (χ2v) is 10.00. The van der Waals surface area contributed by atoms with Crippen molar-refractivity contribution in [3.05, 3.63) is 22.3 Å². The molecule has 4 rings (SSSR count). The van der Waals surface area contributed by atoms with E-state index in [0.717, 1.165) is 17.6 Å². The minimum atomic E-state index is -1.22. The summed E-state index contributed by atoms with van der Waals surface area (Å²) in [5, 5.41) is 11.4. The zero-order valence-corrected chi connectivity index (χ0v) is 18.9. The number of carbonyl (C=O) groups is 4. The number of ether oxygens (including phenoxy) is 2. The molecule has 7 atom stereocenters. The van der Waals surface area contributed by atoms with Crippen molar-refractivity contribution in [1.29, 1.82) is 0 Å². The van der Waals surface area contributed by atoms with Gasteiger partial charge in [-0.3, -0.25) is 19.2 Å². The Morgan fingerprint density at radius 1 is 1.10 bits per heavy atom. The predicted molar refractivity (Wildman–Crippen MR) is 110 cm³/mol. The van der Waals surface area contributed by atoms with Crippen molar-refractivity contribution < 1.29 is 33.8 Å². The fraction of sp³-hybridized carbons (Fsp3) is 0.667. The lowest BCUT2D eigenvalue weighted by atomic mass is 9.51. The van der Waals surface area contributed by atoms with Crippen molar-refractivity contribution >= 4 is 23.5 Å². The maximum absolute atomic E-state index is 13.9. The van der Waals surface area contributed by atoms with Crippen LogP contribution in [-0.4, -0.2) is 46.9 Å². The molecule has 0 aromatic rings. The van der Waals surface area contributed by atoms with Gasteiger partial charge in [0, 0.05) is 36.3 Å². The Kier molecular flexibility index (Phi) is 4.85. The van der Waals surface area contributed by atoms with E-state index < -0.39 is 52.8 Å². The first-order valence-electron chi connectivity index (χ1n) is 10.9. The molecule has 0 aromatic carbocycles. The summed E-state index contributed by atoms with van der Waals surface area (Å²) >= 11 is 0. The highest BCUT2D eigenvalue weighted by Gasteiger charge is 2.72. The van der Waals surface area contributed by atoms with Gasteiger partial charge in [0.2, 0.25) is 5.78 Å². The molecule has 7 nitrogen and oxygen atoms in total. The molecule has 7 heteroatoms. The third-order valence-corrected chi connectivity index (χ3v) is 8.18. The topological polar surface area (TPSA) is 107 Å². The number of allylic oxidation sites excluding steroid dienone is 1. The zero-order valence-electron chi connectivity index (χ0n) is 18.9. The lowest BCUT2D eigenvalue weighted by Crippen LogP contribution is -2.61. The van der Waals surface area contributed by atoms with Crippen molar-refractivity contribution in [2.75, 3.05) is 0 Å². The number of aliphatic hydroxyl groups excluding tert-OH is 1. The van der Waals surface area contributed by atoms with Gasteiger partial charge in [-0.2, -0.15) is 0 Å². The van der Waals surface area contributed by atoms with E-state index in [9.17, 15) is 24.3 Å². The van der Waals surface area contributed by atoms with Crippen LogP contribution in [0.15, 0.2) is 22.3 Å². The summed E-state index contributed by atoms with van der Waals surface area (Å²) < 4.78 is 11.0. The van der Waals surface area contributed by atoms with Gasteiger partial charge in [-0.25, -0.2) is 0 Å². The highest BCUT2D eigenvalue weighted by molar-refractivity contribution is 6.20. The molecule has 168 valence electrons. The van der Waals surface area contributed by atoms with Gasteiger partial charge in [0.1, 0.15) is 6.10 Å². The fourth-order valence-electron chi connectivity index (χ4n) is 6.41. The highest BCUT2D eigenvalue weighted by Crippen LogP contribution is 2.65. The van der Waals surface area contributed by atoms with E-state index in [1.807, 2.05) is 27.7 Å². The van der Waals surface area contributed by atoms with E-state index in [4.69, 9.17) is 9.47 Å². The van der Waals surface area contributed by atoms with Crippen LogP contribution < -0.4 is 0 Å². The summed E-state index contributed by atoms with van der Waals surface area (Å²) in [4.78, 5) is 51.5. The van der Waals surface area contributed by atoms with Gasteiger partial charge in [-0.05, 0) is 39.0 Å². The van der Waals surface area contributed by atoms with Gasteiger partial charge in [0.15, 0.2) is 18.0 Å². The van der Waals surface area contributed by atoms with E-state index in [-0.39, 0.29) is 22.8 Å². The number of fused-ring (bicyclic) bond motifs is 2. The molecule has 0 bridgehead atoms. The molecule has 0 aliphatic heterocycles. The molecule has 4 aliphatic rings. The van der Waals surface area contributed by atoms with Gasteiger partial charge >= 0.3 is 11.9 Å². The largest absolute Gasteiger partial charge is 0.455 e. The molecule has 1 N–H and O–H groups in total. The van der Waals surface area contributed by atoms with E-state index >= 15 is 0 Å². The maximum atomic E-state index is 13.9. The van der Waals surface area contributed by atoms with Gasteiger partial charge in [-0.1, -0.05) is 25.0 Å². The maximum Gasteiger partial charge on any atom is 0.303 e. The quantitative estimate of drug-likeness (QED) is 0.530. The SMILES string of the molecule is CC(=O)OC1C2=C(C(=O)C(OC(C)=O)C3(CC3C)C2=O)C2(C)CCC(C)=C(C)C2C1O. The number of esters is 2. The van der Waals surface area contributed by atoms with Crippen LogP contribution in [0.1, 0.15) is 60.8 Å². The molecule has 0 aromatic heterocycles. The summed E-state index contributed by atoms with van der Waals surface area (Å²) in [5.41, 5.74) is 0.464. The Hall–Kier alpha value is -2.28. The fourth-order valence-corrected chi connectivity index (χ4v) is 6.41. The Bertz CT molecular complexity index is 972. The average Bonchev–Trinajstić information content (AvgIpc) is 3.34. The number of aliphatic hydroxyl groups is 1.